The summed E-state index contributed by atoms with van der Waals surface area (Å²) in [6.45, 7) is 1.97. The Balaban J connectivity index is 2.32. The van der Waals surface area contributed by atoms with Gasteiger partial charge in [-0.25, -0.2) is 0 Å². The molecule has 20 heavy (non-hydrogen) atoms. The van der Waals surface area contributed by atoms with Crippen molar-refractivity contribution < 1.29 is 8.42 Å². The van der Waals surface area contributed by atoms with E-state index < -0.39 is 28.2 Å². The number of unbranched alkanes of at least 4 members (excludes halogenated alkanes) is 3. The average molecular weight is 403 g/mol. The van der Waals surface area contributed by atoms with Gasteiger partial charge in [0.05, 0.1) is 0 Å². The molecular weight excluding hydrogens is 375 g/mol. The van der Waals surface area contributed by atoms with Gasteiger partial charge in [0, 0.05) is 0 Å². The van der Waals surface area contributed by atoms with E-state index in [4.69, 9.17) is 0 Å². The molecule has 0 aliphatic heterocycles. The van der Waals surface area contributed by atoms with Crippen LogP contribution in [0.1, 0.15) is 31.2 Å². The number of sulfone groups is 1. The molecule has 1 rings (SSSR count). The van der Waals surface area contributed by atoms with Crippen LogP contribution in [0.15, 0.2) is 29.2 Å². The molecule has 0 aliphatic rings. The van der Waals surface area contributed by atoms with E-state index in [1.807, 2.05) is 19.1 Å². The van der Waals surface area contributed by atoms with Crippen LogP contribution in [0, 0.1) is 6.92 Å². The van der Waals surface area contributed by atoms with Gasteiger partial charge >= 0.3 is 129 Å². The van der Waals surface area contributed by atoms with Crippen molar-refractivity contribution in [3.63, 3.8) is 0 Å². The van der Waals surface area contributed by atoms with Crippen molar-refractivity contribution in [2.75, 3.05) is 5.75 Å². The Bertz CT molecular complexity index is 498. The molecule has 1 aromatic carbocycles. The molecule has 1 aromatic rings. The van der Waals surface area contributed by atoms with Gasteiger partial charge in [-0.2, -0.15) is 0 Å². The molecular formula is C16H28O2SSn. The van der Waals surface area contributed by atoms with Crippen LogP contribution in [0.2, 0.25) is 19.3 Å². The van der Waals surface area contributed by atoms with Gasteiger partial charge in [0.2, 0.25) is 0 Å². The second kappa shape index (κ2) is 7.83. The Hall–Kier alpha value is -0.0313. The van der Waals surface area contributed by atoms with Crippen LogP contribution in [-0.2, 0) is 9.84 Å². The van der Waals surface area contributed by atoms with Gasteiger partial charge < -0.3 is 0 Å². The van der Waals surface area contributed by atoms with Crippen LogP contribution in [0.4, 0.5) is 0 Å². The van der Waals surface area contributed by atoms with Gasteiger partial charge in [-0.3, -0.25) is 0 Å². The van der Waals surface area contributed by atoms with Crippen LogP contribution in [0.25, 0.3) is 0 Å². The fraction of sp³-hybridized carbons (Fsp3) is 0.625. The summed E-state index contributed by atoms with van der Waals surface area (Å²) < 4.78 is 25.7. The molecule has 0 N–H and O–H groups in total. The third-order valence-corrected chi connectivity index (χ3v) is 10.6. The summed E-state index contributed by atoms with van der Waals surface area (Å²) in [5, 5.41) is 0. The molecule has 0 atom stereocenters. The molecule has 0 saturated heterocycles. The molecule has 0 saturated carbocycles. The molecule has 114 valence electrons. The van der Waals surface area contributed by atoms with E-state index in [2.05, 4.69) is 14.8 Å². The zero-order valence-corrected chi connectivity index (χ0v) is 16.9. The number of benzene rings is 1. The minimum atomic E-state index is -3.08. The zero-order valence-electron chi connectivity index (χ0n) is 13.3. The Labute approximate surface area is 128 Å². The first-order valence-corrected chi connectivity index (χ1v) is 19.7. The molecule has 0 unspecified atom stereocenters. The SMILES string of the molecule is Cc1ccc(S(=O)(=O)CCCCC[CH2][Sn]([CH3])([CH3])[CH3])cc1. The molecule has 0 amide bonds. The Kier molecular flexibility index (Phi) is 7.05. The monoisotopic (exact) mass is 404 g/mol. The topological polar surface area (TPSA) is 34.1 Å². The number of rotatable bonds is 8. The average Bonchev–Trinajstić information content (AvgIpc) is 2.33. The molecule has 4 heteroatoms. The Morgan fingerprint density at radius 2 is 1.45 bits per heavy atom. The predicted octanol–water partition coefficient (Wildman–Crippen LogP) is 4.67. The van der Waals surface area contributed by atoms with Gasteiger partial charge in [0.15, 0.2) is 0 Å². The van der Waals surface area contributed by atoms with Gasteiger partial charge in [-0.15, -0.1) is 0 Å². The Morgan fingerprint density at radius 3 is 2.00 bits per heavy atom. The summed E-state index contributed by atoms with van der Waals surface area (Å²) in [5.74, 6) is 0.287. The van der Waals surface area contributed by atoms with Gasteiger partial charge in [-0.05, 0) is 0 Å². The van der Waals surface area contributed by atoms with Crippen molar-refractivity contribution in [1.82, 2.24) is 0 Å². The first kappa shape index (κ1) is 18.0. The number of hydrogen-bond acceptors (Lipinski definition) is 2. The van der Waals surface area contributed by atoms with Crippen LogP contribution >= 0.6 is 0 Å². The van der Waals surface area contributed by atoms with Crippen LogP contribution < -0.4 is 0 Å². The number of aryl methyl sites for hydroxylation is 1. The van der Waals surface area contributed by atoms with E-state index in [0.717, 1.165) is 18.4 Å². The zero-order chi connectivity index (χ0) is 15.2. The normalized spacial score (nSPS) is 12.6. The van der Waals surface area contributed by atoms with Gasteiger partial charge in [0.25, 0.3) is 0 Å². The molecule has 0 fully saturated rings. The standard InChI is InChI=1S/C13H19O2S.3CH3.Sn/c1-3-4-5-6-11-16(14,15)13-9-7-12(2)8-10-13;;;;/h7-10H,1,3-6,11H2,2H3;3*1H3;. The third kappa shape index (κ3) is 7.11. The maximum absolute atomic E-state index is 12.1. The summed E-state index contributed by atoms with van der Waals surface area (Å²) >= 11 is -1.60. The maximum atomic E-state index is 12.1. The van der Waals surface area contributed by atoms with Crippen molar-refractivity contribution in [3.8, 4) is 0 Å². The second-order valence-corrected chi connectivity index (χ2v) is 25.0. The first-order chi connectivity index (χ1) is 9.21. The second-order valence-electron chi connectivity index (χ2n) is 6.86. The predicted molar refractivity (Wildman–Crippen MR) is 89.9 cm³/mol. The molecule has 0 aromatic heterocycles. The van der Waals surface area contributed by atoms with E-state index >= 15 is 0 Å². The number of hydrogen-bond donors (Lipinski definition) is 0. The van der Waals surface area contributed by atoms with Crippen LogP contribution in [-0.4, -0.2) is 32.5 Å². The van der Waals surface area contributed by atoms with Crippen molar-refractivity contribution in [2.24, 2.45) is 0 Å². The summed E-state index contributed by atoms with van der Waals surface area (Å²) in [5.41, 5.74) is 1.09. The van der Waals surface area contributed by atoms with Gasteiger partial charge in [-0.1, -0.05) is 0 Å². The molecule has 0 spiro atoms. The molecule has 0 heterocycles. The van der Waals surface area contributed by atoms with E-state index in [-0.39, 0.29) is 5.75 Å². The molecule has 2 nitrogen and oxygen atoms in total. The van der Waals surface area contributed by atoms with Crippen molar-refractivity contribution in [3.05, 3.63) is 29.8 Å². The van der Waals surface area contributed by atoms with Gasteiger partial charge in [0.1, 0.15) is 0 Å². The first-order valence-electron chi connectivity index (χ1n) is 7.50. The summed E-state index contributed by atoms with van der Waals surface area (Å²) in [4.78, 5) is 7.83. The van der Waals surface area contributed by atoms with Crippen molar-refractivity contribution >= 4 is 28.2 Å². The third-order valence-electron chi connectivity index (χ3n) is 3.47. The summed E-state index contributed by atoms with van der Waals surface area (Å²) in [6.07, 6.45) is 4.28. The molecule has 0 bridgehead atoms. The van der Waals surface area contributed by atoms with E-state index in [9.17, 15) is 8.42 Å². The fourth-order valence-electron chi connectivity index (χ4n) is 2.16. The van der Waals surface area contributed by atoms with Crippen LogP contribution in [0.3, 0.4) is 0 Å². The van der Waals surface area contributed by atoms with E-state index in [0.29, 0.717) is 4.90 Å². The quantitative estimate of drug-likeness (QED) is 0.467. The van der Waals surface area contributed by atoms with Crippen molar-refractivity contribution in [1.29, 1.82) is 0 Å². The summed E-state index contributed by atoms with van der Waals surface area (Å²) in [6, 6.07) is 7.17. The minimum absolute atomic E-state index is 0.287. The fourth-order valence-corrected chi connectivity index (χ4v) is 7.28. The molecule has 0 radical (unpaired) electrons. The van der Waals surface area contributed by atoms with Crippen LogP contribution in [0.5, 0.6) is 0 Å². The Morgan fingerprint density at radius 1 is 0.900 bits per heavy atom. The van der Waals surface area contributed by atoms with E-state index in [1.165, 1.54) is 17.3 Å². The molecule has 0 aliphatic carbocycles. The van der Waals surface area contributed by atoms with Crippen molar-refractivity contribution in [2.45, 2.75) is 56.8 Å². The van der Waals surface area contributed by atoms with E-state index in [1.54, 1.807) is 12.1 Å². The summed E-state index contributed by atoms with van der Waals surface area (Å²) in [7, 11) is -3.08.